The van der Waals surface area contributed by atoms with Crippen molar-refractivity contribution in [3.63, 3.8) is 0 Å². The second kappa shape index (κ2) is 6.45. The standard InChI is InChI=1S/C18H13NS4/c19-16-8-7-15(23-16)18(14-6-3-11-22-14)17(12-4-1-9-20-12)13-5-2-10-21-13/h1-11H,19H2. The number of hydrogen-bond donors (Lipinski definition) is 1. The lowest BCUT2D eigenvalue weighted by molar-refractivity contribution is 1.73. The molecule has 0 unspecified atom stereocenters. The van der Waals surface area contributed by atoms with Crippen LogP contribution in [0.4, 0.5) is 5.00 Å². The van der Waals surface area contributed by atoms with E-state index in [1.807, 2.05) is 6.07 Å². The highest BCUT2D eigenvalue weighted by Crippen LogP contribution is 2.43. The van der Waals surface area contributed by atoms with E-state index in [2.05, 4.69) is 58.6 Å². The van der Waals surface area contributed by atoms with E-state index in [1.165, 1.54) is 30.7 Å². The number of thiophene rings is 4. The Bertz CT molecular complexity index is 874. The Morgan fingerprint density at radius 1 is 0.609 bits per heavy atom. The van der Waals surface area contributed by atoms with Crippen molar-refractivity contribution in [1.29, 1.82) is 0 Å². The van der Waals surface area contributed by atoms with Crippen molar-refractivity contribution in [3.8, 4) is 0 Å². The van der Waals surface area contributed by atoms with Gasteiger partial charge in [-0.3, -0.25) is 0 Å². The second-order valence-electron chi connectivity index (χ2n) is 4.88. The monoisotopic (exact) mass is 371 g/mol. The molecule has 1 nitrogen and oxygen atoms in total. The van der Waals surface area contributed by atoms with E-state index >= 15 is 0 Å². The first-order chi connectivity index (χ1) is 11.3. The summed E-state index contributed by atoms with van der Waals surface area (Å²) in [6.07, 6.45) is 0. The Morgan fingerprint density at radius 2 is 1.09 bits per heavy atom. The fraction of sp³-hybridized carbons (Fsp3) is 0. The van der Waals surface area contributed by atoms with Crippen molar-refractivity contribution >= 4 is 61.5 Å². The molecule has 0 amide bonds. The van der Waals surface area contributed by atoms with Crippen LogP contribution in [-0.4, -0.2) is 0 Å². The van der Waals surface area contributed by atoms with Crippen LogP contribution >= 0.6 is 45.3 Å². The van der Waals surface area contributed by atoms with Crippen molar-refractivity contribution in [3.05, 3.63) is 84.2 Å². The number of hydrogen-bond acceptors (Lipinski definition) is 5. The summed E-state index contributed by atoms with van der Waals surface area (Å²) in [4.78, 5) is 5.09. The predicted molar refractivity (Wildman–Crippen MR) is 107 cm³/mol. The molecule has 0 aliphatic heterocycles. The molecule has 4 aromatic rings. The van der Waals surface area contributed by atoms with E-state index < -0.39 is 0 Å². The average molecular weight is 372 g/mol. The highest BCUT2D eigenvalue weighted by atomic mass is 32.1. The van der Waals surface area contributed by atoms with Gasteiger partial charge in [0.05, 0.1) is 5.00 Å². The van der Waals surface area contributed by atoms with Gasteiger partial charge in [0.25, 0.3) is 0 Å². The molecule has 0 spiro atoms. The zero-order valence-electron chi connectivity index (χ0n) is 12.1. The topological polar surface area (TPSA) is 26.0 Å². The van der Waals surface area contributed by atoms with E-state index in [9.17, 15) is 0 Å². The molecule has 4 rings (SSSR count). The van der Waals surface area contributed by atoms with Crippen LogP contribution in [-0.2, 0) is 0 Å². The third-order valence-corrected chi connectivity index (χ3v) is 7.02. The van der Waals surface area contributed by atoms with Gasteiger partial charge in [0.1, 0.15) is 0 Å². The molecule has 0 aliphatic rings. The zero-order valence-corrected chi connectivity index (χ0v) is 15.3. The molecule has 4 heterocycles. The predicted octanol–water partition coefficient (Wildman–Crippen LogP) is 6.52. The highest BCUT2D eigenvalue weighted by Gasteiger charge is 2.19. The van der Waals surface area contributed by atoms with Crippen LogP contribution in [0.25, 0.3) is 11.1 Å². The third-order valence-electron chi connectivity index (χ3n) is 3.43. The smallest absolute Gasteiger partial charge is 0.0862 e. The summed E-state index contributed by atoms with van der Waals surface area (Å²) in [5.41, 5.74) is 8.60. The highest BCUT2D eigenvalue weighted by molar-refractivity contribution is 7.18. The number of rotatable bonds is 4. The Labute approximate surface area is 151 Å². The van der Waals surface area contributed by atoms with E-state index in [4.69, 9.17) is 5.73 Å². The molecular weight excluding hydrogens is 358 g/mol. The fourth-order valence-electron chi connectivity index (χ4n) is 2.49. The van der Waals surface area contributed by atoms with Gasteiger partial charge in [-0.15, -0.1) is 45.3 Å². The fourth-order valence-corrected chi connectivity index (χ4v) is 5.83. The lowest BCUT2D eigenvalue weighted by Gasteiger charge is -2.11. The number of nitrogens with two attached hydrogens (primary N) is 1. The normalized spacial score (nSPS) is 10.8. The van der Waals surface area contributed by atoms with Gasteiger partial charge in [-0.25, -0.2) is 0 Å². The second-order valence-corrected chi connectivity index (χ2v) is 8.84. The van der Waals surface area contributed by atoms with Gasteiger partial charge < -0.3 is 5.73 Å². The maximum atomic E-state index is 6.01. The molecule has 0 atom stereocenters. The quantitative estimate of drug-likeness (QED) is 0.434. The molecule has 114 valence electrons. The SMILES string of the molecule is Nc1ccc(C(=C(c2cccs2)c2cccs2)c2cccs2)s1. The Hall–Kier alpha value is -1.66. The first-order valence-corrected chi connectivity index (χ1v) is 10.5. The largest absolute Gasteiger partial charge is 0.391 e. The first kappa shape index (κ1) is 14.9. The van der Waals surface area contributed by atoms with Crippen molar-refractivity contribution in [2.75, 3.05) is 5.73 Å². The Balaban J connectivity index is 2.05. The molecule has 0 radical (unpaired) electrons. The van der Waals surface area contributed by atoms with Crippen LogP contribution in [0, 0.1) is 0 Å². The van der Waals surface area contributed by atoms with Gasteiger partial charge in [0.2, 0.25) is 0 Å². The minimum atomic E-state index is 0.853. The molecule has 0 saturated heterocycles. The first-order valence-electron chi connectivity index (χ1n) is 7.04. The molecule has 0 aromatic carbocycles. The Morgan fingerprint density at radius 3 is 1.43 bits per heavy atom. The van der Waals surface area contributed by atoms with Crippen LogP contribution in [0.2, 0.25) is 0 Å². The van der Waals surface area contributed by atoms with Crippen molar-refractivity contribution in [2.24, 2.45) is 0 Å². The van der Waals surface area contributed by atoms with Crippen molar-refractivity contribution in [2.45, 2.75) is 0 Å². The summed E-state index contributed by atoms with van der Waals surface area (Å²) >= 11 is 6.99. The molecule has 0 aliphatic carbocycles. The summed E-state index contributed by atoms with van der Waals surface area (Å²) in [5.74, 6) is 0. The third kappa shape index (κ3) is 2.93. The molecule has 4 aromatic heterocycles. The van der Waals surface area contributed by atoms with E-state index in [0.29, 0.717) is 0 Å². The molecular formula is C18H13NS4. The summed E-state index contributed by atoms with van der Waals surface area (Å²) in [6, 6.07) is 17.1. The molecule has 5 heteroatoms. The lowest BCUT2D eigenvalue weighted by Crippen LogP contribution is -1.90. The van der Waals surface area contributed by atoms with Crippen LogP contribution in [0.5, 0.6) is 0 Å². The lowest BCUT2D eigenvalue weighted by atomic mass is 10.0. The van der Waals surface area contributed by atoms with E-state index in [1.54, 1.807) is 45.3 Å². The minimum Gasteiger partial charge on any atom is -0.391 e. The van der Waals surface area contributed by atoms with Crippen LogP contribution in [0.1, 0.15) is 19.5 Å². The average Bonchev–Trinajstić information content (AvgIpc) is 3.31. The molecule has 2 N–H and O–H groups in total. The van der Waals surface area contributed by atoms with Gasteiger partial charge in [-0.1, -0.05) is 18.2 Å². The van der Waals surface area contributed by atoms with E-state index in [-0.39, 0.29) is 0 Å². The van der Waals surface area contributed by atoms with Gasteiger partial charge in [-0.05, 0) is 46.5 Å². The maximum absolute atomic E-state index is 6.01. The van der Waals surface area contributed by atoms with E-state index in [0.717, 1.165) is 5.00 Å². The van der Waals surface area contributed by atoms with Crippen LogP contribution in [0.3, 0.4) is 0 Å². The molecule has 0 fully saturated rings. The van der Waals surface area contributed by atoms with Gasteiger partial charge in [-0.2, -0.15) is 0 Å². The van der Waals surface area contributed by atoms with Gasteiger partial charge in [0.15, 0.2) is 0 Å². The van der Waals surface area contributed by atoms with Gasteiger partial charge >= 0.3 is 0 Å². The number of nitrogen functional groups attached to an aromatic ring is 1. The van der Waals surface area contributed by atoms with Crippen molar-refractivity contribution < 1.29 is 0 Å². The molecule has 0 saturated carbocycles. The van der Waals surface area contributed by atoms with Crippen LogP contribution < -0.4 is 5.73 Å². The summed E-state index contributed by atoms with van der Waals surface area (Å²) in [6.45, 7) is 0. The molecule has 0 bridgehead atoms. The summed E-state index contributed by atoms with van der Waals surface area (Å²) in [5, 5.41) is 7.26. The Kier molecular flexibility index (Phi) is 4.18. The maximum Gasteiger partial charge on any atom is 0.0862 e. The van der Waals surface area contributed by atoms with Gasteiger partial charge in [0, 0.05) is 30.7 Å². The minimum absolute atomic E-state index is 0.853. The summed E-state index contributed by atoms with van der Waals surface area (Å²) < 4.78 is 0. The number of anilines is 1. The molecule has 23 heavy (non-hydrogen) atoms. The van der Waals surface area contributed by atoms with Crippen LogP contribution in [0.15, 0.2) is 64.7 Å². The summed E-state index contributed by atoms with van der Waals surface area (Å²) in [7, 11) is 0. The zero-order chi connectivity index (χ0) is 15.6. The van der Waals surface area contributed by atoms with Crippen molar-refractivity contribution in [1.82, 2.24) is 0 Å².